The van der Waals surface area contributed by atoms with E-state index in [-0.39, 0.29) is 18.4 Å². The lowest BCUT2D eigenvalue weighted by atomic mass is 9.96. The maximum Gasteiger partial charge on any atom is 0.288 e. The van der Waals surface area contributed by atoms with Crippen LogP contribution < -0.4 is 5.32 Å². The topological polar surface area (TPSA) is 52.6 Å². The third-order valence-corrected chi connectivity index (χ3v) is 4.46. The minimum Gasteiger partial charge on any atom is -0.392 e. The number of anilines is 1. The summed E-state index contributed by atoms with van der Waals surface area (Å²) in [7, 11) is 0. The number of hydrogen-bond acceptors (Lipinski definition) is 4. The summed E-state index contributed by atoms with van der Waals surface area (Å²) in [5.74, 6) is -2.36. The molecule has 1 aromatic carbocycles. The third kappa shape index (κ3) is 5.23. The van der Waals surface area contributed by atoms with E-state index in [4.69, 9.17) is 0 Å². The van der Waals surface area contributed by atoms with Gasteiger partial charge in [0.25, 0.3) is 5.76 Å². The highest BCUT2D eigenvalue weighted by atomic mass is 32.2. The number of halogens is 2. The molecule has 1 fully saturated rings. The first-order chi connectivity index (χ1) is 10.4. The number of aliphatic hydroxyl groups excluding tert-OH is 1. The van der Waals surface area contributed by atoms with Gasteiger partial charge in [-0.2, -0.15) is 8.78 Å². The lowest BCUT2D eigenvalue weighted by Gasteiger charge is -2.33. The minimum atomic E-state index is -2.45. The third-order valence-electron chi connectivity index (χ3n) is 3.73. The highest BCUT2D eigenvalue weighted by molar-refractivity contribution is 7.99. The highest BCUT2D eigenvalue weighted by Gasteiger charge is 2.25. The molecule has 7 heteroatoms. The molecule has 1 amide bonds. The number of amides is 1. The minimum absolute atomic E-state index is 0.170. The van der Waals surface area contributed by atoms with Crippen LogP contribution >= 0.6 is 11.8 Å². The summed E-state index contributed by atoms with van der Waals surface area (Å²) in [6.45, 7) is 3.51. The molecule has 1 heterocycles. The lowest BCUT2D eigenvalue weighted by molar-refractivity contribution is -0.118. The number of nitrogens with one attached hydrogen (secondary N) is 1. The quantitative estimate of drug-likeness (QED) is 0.815. The fraction of sp³-hybridized carbons (Fsp3) is 0.533. The second kappa shape index (κ2) is 7.89. The van der Waals surface area contributed by atoms with Gasteiger partial charge in [0.2, 0.25) is 5.91 Å². The standard InChI is InChI=1S/C15H20F2N2O2S/c1-10-6-7-19(8-13(10)20)9-14(21)18-11-2-4-12(5-3-11)22-15(16)17/h2-5,10,13,15,20H,6-9H2,1H3,(H,18,21). The van der Waals surface area contributed by atoms with Crippen molar-refractivity contribution >= 4 is 23.4 Å². The van der Waals surface area contributed by atoms with Crippen LogP contribution in [0.2, 0.25) is 0 Å². The van der Waals surface area contributed by atoms with Crippen molar-refractivity contribution in [3.8, 4) is 0 Å². The first kappa shape index (κ1) is 17.2. The van der Waals surface area contributed by atoms with Crippen molar-refractivity contribution in [1.82, 2.24) is 4.90 Å². The fourth-order valence-corrected chi connectivity index (χ4v) is 2.88. The van der Waals surface area contributed by atoms with Crippen molar-refractivity contribution in [3.63, 3.8) is 0 Å². The van der Waals surface area contributed by atoms with E-state index < -0.39 is 11.9 Å². The van der Waals surface area contributed by atoms with Crippen molar-refractivity contribution in [2.24, 2.45) is 5.92 Å². The number of carbonyl (C=O) groups is 1. The molecule has 1 saturated heterocycles. The normalized spacial score (nSPS) is 22.8. The zero-order chi connectivity index (χ0) is 16.1. The van der Waals surface area contributed by atoms with Gasteiger partial charge in [0.05, 0.1) is 12.6 Å². The molecule has 0 radical (unpaired) electrons. The molecular weight excluding hydrogens is 310 g/mol. The van der Waals surface area contributed by atoms with Crippen molar-refractivity contribution in [2.45, 2.75) is 30.1 Å². The van der Waals surface area contributed by atoms with Gasteiger partial charge in [0.1, 0.15) is 0 Å². The van der Waals surface area contributed by atoms with E-state index >= 15 is 0 Å². The van der Waals surface area contributed by atoms with Crippen molar-refractivity contribution in [1.29, 1.82) is 0 Å². The molecule has 4 nitrogen and oxygen atoms in total. The Morgan fingerprint density at radius 2 is 2.14 bits per heavy atom. The molecule has 2 rings (SSSR count). The zero-order valence-corrected chi connectivity index (χ0v) is 13.2. The van der Waals surface area contributed by atoms with E-state index in [1.165, 1.54) is 0 Å². The van der Waals surface area contributed by atoms with Crippen molar-refractivity contribution in [2.75, 3.05) is 25.0 Å². The van der Waals surface area contributed by atoms with Gasteiger partial charge in [-0.05, 0) is 43.1 Å². The first-order valence-electron chi connectivity index (χ1n) is 7.19. The van der Waals surface area contributed by atoms with Gasteiger partial charge < -0.3 is 10.4 Å². The van der Waals surface area contributed by atoms with Crippen LogP contribution in [0.25, 0.3) is 0 Å². The summed E-state index contributed by atoms with van der Waals surface area (Å²) in [5.41, 5.74) is 0.578. The Morgan fingerprint density at radius 3 is 2.73 bits per heavy atom. The number of thioether (sulfide) groups is 1. The van der Waals surface area contributed by atoms with Gasteiger partial charge in [-0.3, -0.25) is 9.69 Å². The number of likely N-dealkylation sites (tertiary alicyclic amines) is 1. The fourth-order valence-electron chi connectivity index (χ4n) is 2.38. The molecule has 2 unspecified atom stereocenters. The number of hydrogen-bond donors (Lipinski definition) is 2. The summed E-state index contributed by atoms with van der Waals surface area (Å²) >= 11 is 0.473. The van der Waals surface area contributed by atoms with Gasteiger partial charge in [0, 0.05) is 17.1 Å². The van der Waals surface area contributed by atoms with Gasteiger partial charge in [-0.25, -0.2) is 0 Å². The molecule has 0 aliphatic carbocycles. The molecule has 0 bridgehead atoms. The zero-order valence-electron chi connectivity index (χ0n) is 12.3. The predicted octanol–water partition coefficient (Wildman–Crippen LogP) is 2.64. The van der Waals surface area contributed by atoms with E-state index in [2.05, 4.69) is 5.32 Å². The number of alkyl halides is 2. The van der Waals surface area contributed by atoms with Crippen LogP contribution in [0, 0.1) is 5.92 Å². The van der Waals surface area contributed by atoms with Gasteiger partial charge >= 0.3 is 0 Å². The number of benzene rings is 1. The number of nitrogens with zero attached hydrogens (tertiary/aromatic N) is 1. The van der Waals surface area contributed by atoms with E-state index in [1.54, 1.807) is 24.3 Å². The average molecular weight is 330 g/mol. The Morgan fingerprint density at radius 1 is 1.45 bits per heavy atom. The van der Waals surface area contributed by atoms with Crippen molar-refractivity contribution in [3.05, 3.63) is 24.3 Å². The molecule has 2 atom stereocenters. The summed E-state index contributed by atoms with van der Waals surface area (Å²) < 4.78 is 24.4. The Balaban J connectivity index is 1.81. The molecule has 0 saturated carbocycles. The van der Waals surface area contributed by atoms with Crippen LogP contribution in [0.3, 0.4) is 0 Å². The number of rotatable bonds is 5. The molecule has 2 N–H and O–H groups in total. The van der Waals surface area contributed by atoms with E-state index in [9.17, 15) is 18.7 Å². The Labute approximate surface area is 132 Å². The molecule has 0 aromatic heterocycles. The molecule has 22 heavy (non-hydrogen) atoms. The molecule has 0 spiro atoms. The first-order valence-corrected chi connectivity index (χ1v) is 8.07. The number of carbonyl (C=O) groups excluding carboxylic acids is 1. The average Bonchev–Trinajstić information content (AvgIpc) is 2.44. The summed E-state index contributed by atoms with van der Waals surface area (Å²) in [6, 6.07) is 6.32. The molecule has 1 aliphatic rings. The smallest absolute Gasteiger partial charge is 0.288 e. The Bertz CT molecular complexity index is 499. The Hall–Kier alpha value is -1.18. The maximum absolute atomic E-state index is 12.2. The monoisotopic (exact) mass is 330 g/mol. The maximum atomic E-state index is 12.2. The number of β-amino-alcohol motifs (C(OH)–C–C–N with tert-alkyl or cyclic N) is 1. The van der Waals surface area contributed by atoms with Crippen LogP contribution in [-0.2, 0) is 4.79 Å². The number of aliphatic hydroxyl groups is 1. The lowest BCUT2D eigenvalue weighted by Crippen LogP contribution is -2.45. The predicted molar refractivity (Wildman–Crippen MR) is 83.2 cm³/mol. The van der Waals surface area contributed by atoms with Crippen LogP contribution in [-0.4, -0.2) is 47.4 Å². The van der Waals surface area contributed by atoms with Crippen LogP contribution in [0.1, 0.15) is 13.3 Å². The van der Waals surface area contributed by atoms with Gasteiger partial charge in [0.15, 0.2) is 0 Å². The van der Waals surface area contributed by atoms with E-state index in [0.29, 0.717) is 28.9 Å². The van der Waals surface area contributed by atoms with Gasteiger partial charge in [-0.15, -0.1) is 0 Å². The van der Waals surface area contributed by atoms with Crippen LogP contribution in [0.15, 0.2) is 29.2 Å². The number of piperidine rings is 1. The molecular formula is C15H20F2N2O2S. The van der Waals surface area contributed by atoms with Gasteiger partial charge in [-0.1, -0.05) is 18.7 Å². The molecule has 122 valence electrons. The summed E-state index contributed by atoms with van der Waals surface area (Å²) in [6.07, 6.45) is 0.473. The second-order valence-electron chi connectivity index (χ2n) is 5.52. The summed E-state index contributed by atoms with van der Waals surface area (Å²) in [5, 5.41) is 12.6. The summed E-state index contributed by atoms with van der Waals surface area (Å²) in [4.78, 5) is 14.3. The second-order valence-corrected chi connectivity index (χ2v) is 6.58. The van der Waals surface area contributed by atoms with Crippen LogP contribution in [0.4, 0.5) is 14.5 Å². The highest BCUT2D eigenvalue weighted by Crippen LogP contribution is 2.26. The van der Waals surface area contributed by atoms with E-state index in [1.807, 2.05) is 11.8 Å². The van der Waals surface area contributed by atoms with Crippen LogP contribution in [0.5, 0.6) is 0 Å². The molecule has 1 aliphatic heterocycles. The Kier molecular flexibility index (Phi) is 6.16. The SMILES string of the molecule is CC1CCN(CC(=O)Nc2ccc(SC(F)F)cc2)CC1O. The largest absolute Gasteiger partial charge is 0.392 e. The van der Waals surface area contributed by atoms with Crippen molar-refractivity contribution < 1.29 is 18.7 Å². The van der Waals surface area contributed by atoms with E-state index in [0.717, 1.165) is 13.0 Å². The molecule has 1 aromatic rings.